The van der Waals surface area contributed by atoms with Crippen LogP contribution in [0.2, 0.25) is 0 Å². The van der Waals surface area contributed by atoms with Gasteiger partial charge in [-0.05, 0) is 88.0 Å². The highest BCUT2D eigenvalue weighted by molar-refractivity contribution is 9.10. The van der Waals surface area contributed by atoms with E-state index in [0.717, 1.165) is 44.0 Å². The first-order chi connectivity index (χ1) is 15.0. The van der Waals surface area contributed by atoms with Crippen LogP contribution in [0.3, 0.4) is 0 Å². The van der Waals surface area contributed by atoms with Gasteiger partial charge >= 0.3 is 6.03 Å². The van der Waals surface area contributed by atoms with Crippen LogP contribution in [0.4, 0.5) is 10.5 Å². The van der Waals surface area contributed by atoms with Gasteiger partial charge in [0, 0.05) is 23.2 Å². The van der Waals surface area contributed by atoms with Gasteiger partial charge in [0.2, 0.25) is 0 Å². The lowest BCUT2D eigenvalue weighted by atomic mass is 9.90. The second kappa shape index (κ2) is 10.0. The Kier molecular flexibility index (Phi) is 7.18. The molecule has 0 aliphatic carbocycles. The lowest BCUT2D eigenvalue weighted by molar-refractivity contribution is 0.173. The van der Waals surface area contributed by atoms with Crippen LogP contribution in [0.15, 0.2) is 53.0 Å². The first-order valence-corrected chi connectivity index (χ1v) is 12.1. The molecule has 0 saturated carbocycles. The number of para-hydroxylation sites is 1. The summed E-state index contributed by atoms with van der Waals surface area (Å²) in [6.45, 7) is 7.94. The maximum atomic E-state index is 12.4. The van der Waals surface area contributed by atoms with Gasteiger partial charge in [-0.15, -0.1) is 0 Å². The summed E-state index contributed by atoms with van der Waals surface area (Å²) in [7, 11) is 0. The Bertz CT molecular complexity index is 882. The smallest absolute Gasteiger partial charge is 0.322 e. The molecule has 1 atom stereocenters. The minimum atomic E-state index is 0.0134. The molecule has 166 valence electrons. The zero-order valence-electron chi connectivity index (χ0n) is 18.4. The summed E-state index contributed by atoms with van der Waals surface area (Å²) >= 11 is 3.71. The number of rotatable bonds is 7. The fourth-order valence-electron chi connectivity index (χ4n) is 4.58. The predicted octanol–water partition coefficient (Wildman–Crippen LogP) is 5.09. The van der Waals surface area contributed by atoms with Gasteiger partial charge in [-0.1, -0.05) is 34.1 Å². The van der Waals surface area contributed by atoms with E-state index in [0.29, 0.717) is 5.92 Å². The van der Waals surface area contributed by atoms with Crippen molar-refractivity contribution in [1.82, 2.24) is 10.2 Å². The van der Waals surface area contributed by atoms with Crippen LogP contribution in [-0.2, 0) is 6.42 Å². The van der Waals surface area contributed by atoms with E-state index in [-0.39, 0.29) is 18.2 Å². The topological polar surface area (TPSA) is 44.8 Å². The Morgan fingerprint density at radius 1 is 1.13 bits per heavy atom. The Balaban J connectivity index is 1.26. The van der Waals surface area contributed by atoms with Gasteiger partial charge in [0.15, 0.2) is 0 Å². The van der Waals surface area contributed by atoms with E-state index in [4.69, 9.17) is 4.74 Å². The highest BCUT2D eigenvalue weighted by Gasteiger charge is 2.32. The summed E-state index contributed by atoms with van der Waals surface area (Å²) in [5, 5.41) is 3.16. The van der Waals surface area contributed by atoms with Crippen molar-refractivity contribution in [3.05, 3.63) is 58.6 Å². The molecule has 5 nitrogen and oxygen atoms in total. The van der Waals surface area contributed by atoms with E-state index >= 15 is 0 Å². The average molecular weight is 486 g/mol. The third-order valence-electron chi connectivity index (χ3n) is 6.13. The molecule has 2 aliphatic rings. The summed E-state index contributed by atoms with van der Waals surface area (Å²) < 4.78 is 7.04. The first-order valence-electron chi connectivity index (χ1n) is 11.3. The molecule has 31 heavy (non-hydrogen) atoms. The van der Waals surface area contributed by atoms with Crippen molar-refractivity contribution in [2.75, 3.05) is 31.1 Å². The van der Waals surface area contributed by atoms with Crippen molar-refractivity contribution in [3.8, 4) is 5.75 Å². The van der Waals surface area contributed by atoms with Crippen LogP contribution in [0.1, 0.15) is 32.3 Å². The van der Waals surface area contributed by atoms with Gasteiger partial charge < -0.3 is 15.0 Å². The lowest BCUT2D eigenvalue weighted by Gasteiger charge is -2.33. The molecule has 6 heteroatoms. The number of benzene rings is 2. The van der Waals surface area contributed by atoms with E-state index < -0.39 is 0 Å². The number of urea groups is 1. The molecule has 2 amide bonds. The standard InChI is InChI=1S/C25H32BrN3O2/c1-18(2)31-23-8-9-24(26)20(15-23)14-19-10-12-28(13-11-19)16-21-17-29(25(30)27-21)22-6-4-3-5-7-22/h3-9,15,18-19,21H,10-14,16-17H2,1-2H3,(H,27,30). The van der Waals surface area contributed by atoms with Crippen molar-refractivity contribution in [1.29, 1.82) is 0 Å². The zero-order chi connectivity index (χ0) is 21.8. The third-order valence-corrected chi connectivity index (χ3v) is 6.90. The molecule has 2 aromatic rings. The monoisotopic (exact) mass is 485 g/mol. The molecule has 1 N–H and O–H groups in total. The molecule has 4 rings (SSSR count). The molecule has 2 saturated heterocycles. The molecular formula is C25H32BrN3O2. The fourth-order valence-corrected chi connectivity index (χ4v) is 4.99. The van der Waals surface area contributed by atoms with E-state index in [9.17, 15) is 4.79 Å². The van der Waals surface area contributed by atoms with Crippen LogP contribution in [-0.4, -0.2) is 49.3 Å². The number of hydrogen-bond donors (Lipinski definition) is 1. The number of nitrogens with zero attached hydrogens (tertiary/aromatic N) is 2. The lowest BCUT2D eigenvalue weighted by Crippen LogP contribution is -2.43. The number of likely N-dealkylation sites (tertiary alicyclic amines) is 1. The normalized spacial score (nSPS) is 20.3. The number of ether oxygens (including phenoxy) is 1. The first kappa shape index (κ1) is 22.2. The van der Waals surface area contributed by atoms with Gasteiger partial charge in [-0.2, -0.15) is 0 Å². The number of carbonyl (C=O) groups is 1. The van der Waals surface area contributed by atoms with Crippen molar-refractivity contribution in [2.24, 2.45) is 5.92 Å². The van der Waals surface area contributed by atoms with Gasteiger partial charge in [0.25, 0.3) is 0 Å². The van der Waals surface area contributed by atoms with Gasteiger partial charge in [-0.25, -0.2) is 4.79 Å². The summed E-state index contributed by atoms with van der Waals surface area (Å²) in [6, 6.07) is 16.4. The summed E-state index contributed by atoms with van der Waals surface area (Å²) in [4.78, 5) is 16.7. The number of anilines is 1. The number of hydrogen-bond acceptors (Lipinski definition) is 3. The van der Waals surface area contributed by atoms with E-state index in [2.05, 4.69) is 52.1 Å². The molecule has 0 aromatic heterocycles. The number of carbonyl (C=O) groups excluding carboxylic acids is 1. The van der Waals surface area contributed by atoms with Gasteiger partial charge in [0.05, 0.1) is 12.1 Å². The van der Waals surface area contributed by atoms with E-state index in [1.165, 1.54) is 22.9 Å². The van der Waals surface area contributed by atoms with Gasteiger partial charge in [0.1, 0.15) is 5.75 Å². The molecule has 2 heterocycles. The molecular weight excluding hydrogens is 454 g/mol. The fraction of sp³-hybridized carbons (Fsp3) is 0.480. The molecule has 0 spiro atoms. The van der Waals surface area contributed by atoms with Crippen molar-refractivity contribution < 1.29 is 9.53 Å². The number of halogens is 1. The molecule has 2 aromatic carbocycles. The maximum Gasteiger partial charge on any atom is 0.322 e. The molecule has 0 bridgehead atoms. The van der Waals surface area contributed by atoms with Crippen molar-refractivity contribution in [3.63, 3.8) is 0 Å². The zero-order valence-corrected chi connectivity index (χ0v) is 20.0. The Morgan fingerprint density at radius 2 is 1.87 bits per heavy atom. The highest BCUT2D eigenvalue weighted by atomic mass is 79.9. The minimum absolute atomic E-state index is 0.0134. The SMILES string of the molecule is CC(C)Oc1ccc(Br)c(CC2CCN(CC3CN(c4ccccc4)C(=O)N3)CC2)c1. The van der Waals surface area contributed by atoms with E-state index in [1.807, 2.05) is 41.3 Å². The summed E-state index contributed by atoms with van der Waals surface area (Å²) in [6.07, 6.45) is 3.63. The van der Waals surface area contributed by atoms with Crippen molar-refractivity contribution in [2.45, 2.75) is 45.3 Å². The number of piperidine rings is 1. The Hall–Kier alpha value is -2.05. The summed E-state index contributed by atoms with van der Waals surface area (Å²) in [5.41, 5.74) is 2.30. The predicted molar refractivity (Wildman–Crippen MR) is 129 cm³/mol. The quantitative estimate of drug-likeness (QED) is 0.593. The second-order valence-corrected chi connectivity index (χ2v) is 9.81. The Labute approximate surface area is 193 Å². The van der Waals surface area contributed by atoms with Crippen molar-refractivity contribution >= 4 is 27.6 Å². The highest BCUT2D eigenvalue weighted by Crippen LogP contribution is 2.29. The second-order valence-electron chi connectivity index (χ2n) is 8.96. The molecule has 1 unspecified atom stereocenters. The van der Waals surface area contributed by atoms with Gasteiger partial charge in [-0.3, -0.25) is 4.90 Å². The molecule has 2 aliphatic heterocycles. The summed E-state index contributed by atoms with van der Waals surface area (Å²) in [5.74, 6) is 1.63. The largest absolute Gasteiger partial charge is 0.491 e. The maximum absolute atomic E-state index is 12.4. The van der Waals surface area contributed by atoms with Crippen LogP contribution < -0.4 is 15.0 Å². The average Bonchev–Trinajstić information content (AvgIpc) is 3.12. The van der Waals surface area contributed by atoms with E-state index in [1.54, 1.807) is 0 Å². The van der Waals surface area contributed by atoms with Crippen LogP contribution in [0.25, 0.3) is 0 Å². The minimum Gasteiger partial charge on any atom is -0.491 e. The van der Waals surface area contributed by atoms with Crippen LogP contribution >= 0.6 is 15.9 Å². The van der Waals surface area contributed by atoms with Crippen LogP contribution in [0.5, 0.6) is 5.75 Å². The molecule has 0 radical (unpaired) electrons. The number of nitrogens with one attached hydrogen (secondary N) is 1. The van der Waals surface area contributed by atoms with Crippen LogP contribution in [0, 0.1) is 5.92 Å². The number of amides is 2. The third kappa shape index (κ3) is 5.80. The Morgan fingerprint density at radius 3 is 2.58 bits per heavy atom. The molecule has 2 fully saturated rings.